The zero-order valence-electron chi connectivity index (χ0n) is 16.3. The molecule has 0 bridgehead atoms. The van der Waals surface area contributed by atoms with Gasteiger partial charge in [0, 0.05) is 11.5 Å². The van der Waals surface area contributed by atoms with E-state index >= 15 is 0 Å². The van der Waals surface area contributed by atoms with Crippen LogP contribution in [0.3, 0.4) is 0 Å². The second kappa shape index (κ2) is 12.8. The topological polar surface area (TPSA) is 46.5 Å². The third-order valence-corrected chi connectivity index (χ3v) is 5.76. The quantitative estimate of drug-likeness (QED) is 0.237. The zero-order valence-corrected chi connectivity index (χ0v) is 19.4. The number of aliphatic hydroxyl groups is 1. The summed E-state index contributed by atoms with van der Waals surface area (Å²) in [6.07, 6.45) is 2.59. The van der Waals surface area contributed by atoms with E-state index in [0.717, 1.165) is 22.4 Å². The molecule has 8 heteroatoms. The third kappa shape index (κ3) is 9.88. The Morgan fingerprint density at radius 2 is 1.70 bits per heavy atom. The van der Waals surface area contributed by atoms with E-state index < -0.39 is 15.7 Å². The second-order valence-corrected chi connectivity index (χ2v) is 10.5. The van der Waals surface area contributed by atoms with Crippen LogP contribution in [0.15, 0.2) is 53.4 Å². The molecular formula is C22H24Cl3FO3S. The van der Waals surface area contributed by atoms with Gasteiger partial charge in [0.2, 0.25) is 3.79 Å². The van der Waals surface area contributed by atoms with Gasteiger partial charge in [0.05, 0.1) is 5.92 Å². The number of benzene rings is 2. The highest BCUT2D eigenvalue weighted by atomic mass is 35.6. The molecule has 0 amide bonds. The minimum absolute atomic E-state index is 0.157. The lowest BCUT2D eigenvalue weighted by molar-refractivity contribution is -0.148. The van der Waals surface area contributed by atoms with Gasteiger partial charge in [0.25, 0.3) is 0 Å². The fraction of sp³-hybridized carbons (Fsp3) is 0.409. The van der Waals surface area contributed by atoms with Crippen LogP contribution in [-0.4, -0.2) is 33.8 Å². The average Bonchev–Trinajstić information content (AvgIpc) is 2.71. The van der Waals surface area contributed by atoms with Gasteiger partial charge >= 0.3 is 5.97 Å². The fourth-order valence-corrected chi connectivity index (χ4v) is 3.96. The van der Waals surface area contributed by atoms with Gasteiger partial charge in [-0.05, 0) is 66.8 Å². The molecule has 0 aliphatic rings. The molecular weight excluding hydrogens is 470 g/mol. The summed E-state index contributed by atoms with van der Waals surface area (Å²) >= 11 is 18.6. The number of halogens is 4. The fourth-order valence-electron chi connectivity index (χ4n) is 2.83. The molecule has 0 aromatic heterocycles. The number of hydrogen-bond donors (Lipinski definition) is 1. The zero-order chi connectivity index (χ0) is 22.0. The first-order chi connectivity index (χ1) is 14.3. The lowest BCUT2D eigenvalue weighted by Gasteiger charge is -2.18. The van der Waals surface area contributed by atoms with Crippen molar-refractivity contribution < 1.29 is 19.0 Å². The van der Waals surface area contributed by atoms with Crippen LogP contribution >= 0.6 is 46.6 Å². The first-order valence-electron chi connectivity index (χ1n) is 9.57. The number of carbonyl (C=O) groups is 1. The lowest BCUT2D eigenvalue weighted by atomic mass is 9.96. The lowest BCUT2D eigenvalue weighted by Crippen LogP contribution is -2.25. The molecule has 0 radical (unpaired) electrons. The van der Waals surface area contributed by atoms with Gasteiger partial charge in [0.1, 0.15) is 12.4 Å². The smallest absolute Gasteiger partial charge is 0.309 e. The molecule has 0 heterocycles. The summed E-state index contributed by atoms with van der Waals surface area (Å²) < 4.78 is 16.6. The Kier molecular flexibility index (Phi) is 10.8. The summed E-state index contributed by atoms with van der Waals surface area (Å²) in [6, 6.07) is 14.2. The van der Waals surface area contributed by atoms with E-state index in [2.05, 4.69) is 0 Å². The van der Waals surface area contributed by atoms with Gasteiger partial charge < -0.3 is 9.84 Å². The summed E-state index contributed by atoms with van der Waals surface area (Å²) in [7, 11) is 0. The van der Waals surface area contributed by atoms with Crippen LogP contribution in [0.2, 0.25) is 0 Å². The molecule has 2 aromatic rings. The van der Waals surface area contributed by atoms with E-state index in [0.29, 0.717) is 25.0 Å². The number of ether oxygens (including phenoxy) is 1. The van der Waals surface area contributed by atoms with Crippen molar-refractivity contribution in [1.29, 1.82) is 0 Å². The number of alkyl halides is 3. The Labute approximate surface area is 195 Å². The summed E-state index contributed by atoms with van der Waals surface area (Å²) in [5.74, 6) is -0.428. The van der Waals surface area contributed by atoms with Crippen molar-refractivity contribution in [3.8, 4) is 0 Å². The molecule has 164 valence electrons. The van der Waals surface area contributed by atoms with E-state index in [4.69, 9.17) is 44.6 Å². The number of aliphatic hydroxyl groups excluding tert-OH is 1. The van der Waals surface area contributed by atoms with Crippen LogP contribution in [0.4, 0.5) is 4.39 Å². The molecule has 30 heavy (non-hydrogen) atoms. The molecule has 0 aliphatic heterocycles. The van der Waals surface area contributed by atoms with Gasteiger partial charge in [-0.3, -0.25) is 4.79 Å². The second-order valence-electron chi connectivity index (χ2n) is 6.86. The average molecular weight is 494 g/mol. The van der Waals surface area contributed by atoms with Gasteiger partial charge in [0.15, 0.2) is 0 Å². The van der Waals surface area contributed by atoms with E-state index in [1.807, 2.05) is 24.3 Å². The monoisotopic (exact) mass is 492 g/mol. The Morgan fingerprint density at radius 1 is 1.07 bits per heavy atom. The standard InChI is InChI=1S/C22H24Cl3FO3S/c23-22(24,25)15-29-21(28)18(11-13-30-20-9-7-19(26)8-10-20)14-17-5-3-16(4-6-17)2-1-12-27/h3-10,18,27H,1-2,11-15H2. The van der Waals surface area contributed by atoms with Crippen molar-refractivity contribution >= 4 is 52.5 Å². The van der Waals surface area contributed by atoms with Gasteiger partial charge in [-0.2, -0.15) is 0 Å². The van der Waals surface area contributed by atoms with Crippen LogP contribution in [0.25, 0.3) is 0 Å². The van der Waals surface area contributed by atoms with Crippen LogP contribution < -0.4 is 0 Å². The minimum Gasteiger partial charge on any atom is -0.461 e. The van der Waals surface area contributed by atoms with Crippen LogP contribution in [0.5, 0.6) is 0 Å². The number of aryl methyl sites for hydroxylation is 1. The summed E-state index contributed by atoms with van der Waals surface area (Å²) in [5.41, 5.74) is 2.14. The number of thioether (sulfide) groups is 1. The normalized spacial score (nSPS) is 12.6. The van der Waals surface area contributed by atoms with E-state index in [-0.39, 0.29) is 19.0 Å². The molecule has 0 saturated heterocycles. The molecule has 1 N–H and O–H groups in total. The van der Waals surface area contributed by atoms with Crippen molar-refractivity contribution in [2.75, 3.05) is 19.0 Å². The molecule has 2 aromatic carbocycles. The molecule has 0 saturated carbocycles. The Balaban J connectivity index is 1.98. The van der Waals surface area contributed by atoms with Crippen molar-refractivity contribution in [1.82, 2.24) is 0 Å². The Morgan fingerprint density at radius 3 is 2.30 bits per heavy atom. The molecule has 1 atom stereocenters. The summed E-state index contributed by atoms with van der Waals surface area (Å²) in [4.78, 5) is 13.5. The molecule has 1 unspecified atom stereocenters. The Hall–Kier alpha value is -0.980. The maximum Gasteiger partial charge on any atom is 0.309 e. The number of carbonyl (C=O) groups excluding carboxylic acids is 1. The third-order valence-electron chi connectivity index (χ3n) is 4.39. The SMILES string of the molecule is O=C(OCC(Cl)(Cl)Cl)C(CCSc1ccc(F)cc1)Cc1ccc(CCCO)cc1. The van der Waals surface area contributed by atoms with Crippen LogP contribution in [0, 0.1) is 11.7 Å². The molecule has 3 nitrogen and oxygen atoms in total. The summed E-state index contributed by atoms with van der Waals surface area (Å²) in [5, 5.41) is 8.95. The molecule has 0 spiro atoms. The number of rotatable bonds is 11. The van der Waals surface area contributed by atoms with Crippen molar-refractivity contribution in [2.24, 2.45) is 5.92 Å². The largest absolute Gasteiger partial charge is 0.461 e. The highest BCUT2D eigenvalue weighted by Crippen LogP contribution is 2.28. The maximum atomic E-state index is 13.0. The van der Waals surface area contributed by atoms with Gasteiger partial charge in [-0.15, -0.1) is 11.8 Å². The predicted octanol–water partition coefficient (Wildman–Crippen LogP) is 6.01. The van der Waals surface area contributed by atoms with Gasteiger partial charge in [-0.1, -0.05) is 59.1 Å². The van der Waals surface area contributed by atoms with E-state index in [9.17, 15) is 9.18 Å². The first kappa shape index (κ1) is 25.3. The van der Waals surface area contributed by atoms with Crippen molar-refractivity contribution in [2.45, 2.75) is 34.4 Å². The Bertz CT molecular complexity index is 780. The van der Waals surface area contributed by atoms with Crippen LogP contribution in [0.1, 0.15) is 24.0 Å². The highest BCUT2D eigenvalue weighted by Gasteiger charge is 2.26. The minimum atomic E-state index is -1.66. The van der Waals surface area contributed by atoms with Crippen LogP contribution in [-0.2, 0) is 22.4 Å². The van der Waals surface area contributed by atoms with Crippen molar-refractivity contribution in [3.63, 3.8) is 0 Å². The van der Waals surface area contributed by atoms with Gasteiger partial charge in [-0.25, -0.2) is 4.39 Å². The molecule has 2 rings (SSSR count). The maximum absolute atomic E-state index is 13.0. The first-order valence-corrected chi connectivity index (χ1v) is 11.7. The summed E-state index contributed by atoms with van der Waals surface area (Å²) in [6.45, 7) is -0.150. The molecule has 0 fully saturated rings. The highest BCUT2D eigenvalue weighted by molar-refractivity contribution is 7.99. The van der Waals surface area contributed by atoms with E-state index in [1.54, 1.807) is 23.9 Å². The predicted molar refractivity (Wildman–Crippen MR) is 122 cm³/mol. The number of esters is 1. The van der Waals surface area contributed by atoms with E-state index in [1.165, 1.54) is 12.1 Å². The molecule has 0 aliphatic carbocycles. The van der Waals surface area contributed by atoms with Crippen molar-refractivity contribution in [3.05, 3.63) is 65.5 Å². The number of hydrogen-bond acceptors (Lipinski definition) is 4.